The van der Waals surface area contributed by atoms with Crippen molar-refractivity contribution in [1.29, 1.82) is 5.41 Å². The summed E-state index contributed by atoms with van der Waals surface area (Å²) >= 11 is 0. The highest BCUT2D eigenvalue weighted by molar-refractivity contribution is 5.89. The van der Waals surface area contributed by atoms with Crippen LogP contribution in [-0.2, 0) is 16.1 Å². The van der Waals surface area contributed by atoms with Crippen LogP contribution in [0.25, 0.3) is 0 Å². The van der Waals surface area contributed by atoms with E-state index in [1.807, 2.05) is 31.2 Å². The van der Waals surface area contributed by atoms with E-state index in [4.69, 9.17) is 14.9 Å². The number of rotatable bonds is 13. The van der Waals surface area contributed by atoms with Crippen molar-refractivity contribution in [2.75, 3.05) is 37.5 Å². The minimum atomic E-state index is 0.281. The maximum Gasteiger partial charge on any atom is 0.126 e. The summed E-state index contributed by atoms with van der Waals surface area (Å²) in [6.07, 6.45) is 8.35. The molecule has 2 aromatic heterocycles. The molecule has 0 aliphatic carbocycles. The van der Waals surface area contributed by atoms with E-state index >= 15 is 0 Å². The third-order valence-corrected chi connectivity index (χ3v) is 4.18. The predicted octanol–water partition coefficient (Wildman–Crippen LogP) is 4.40. The molecule has 2 aromatic rings. The van der Waals surface area contributed by atoms with Crippen LogP contribution in [0.15, 0.2) is 61.4 Å². The topological polar surface area (TPSA) is 92.2 Å². The Labute approximate surface area is 178 Å². The lowest BCUT2D eigenvalue weighted by Gasteiger charge is -2.16. The lowest BCUT2D eigenvalue weighted by Crippen LogP contribution is -2.10. The summed E-state index contributed by atoms with van der Waals surface area (Å²) in [6.45, 7) is 10.9. The van der Waals surface area contributed by atoms with Crippen LogP contribution < -0.4 is 10.6 Å². The second-order valence-electron chi connectivity index (χ2n) is 6.41. The SMILES string of the molecule is C=C/C=C(\C=C)COCCOCc1nc(NC)cc(C=N)c1Nc1ccnc(C)c1. The second kappa shape index (κ2) is 12.3. The van der Waals surface area contributed by atoms with Gasteiger partial charge in [-0.1, -0.05) is 31.4 Å². The van der Waals surface area contributed by atoms with Crippen LogP contribution in [0.4, 0.5) is 17.2 Å². The number of nitrogens with one attached hydrogen (secondary N) is 3. The van der Waals surface area contributed by atoms with Gasteiger partial charge in [-0.2, -0.15) is 0 Å². The summed E-state index contributed by atoms with van der Waals surface area (Å²) in [6, 6.07) is 5.63. The average molecular weight is 408 g/mol. The minimum Gasteiger partial charge on any atom is -0.374 e. The zero-order chi connectivity index (χ0) is 21.8. The summed E-state index contributed by atoms with van der Waals surface area (Å²) < 4.78 is 11.4. The Morgan fingerprint density at radius 1 is 1.23 bits per heavy atom. The Morgan fingerprint density at radius 3 is 2.70 bits per heavy atom. The molecule has 3 N–H and O–H groups in total. The maximum absolute atomic E-state index is 7.81. The highest BCUT2D eigenvalue weighted by Gasteiger charge is 2.12. The normalized spacial score (nSPS) is 11.1. The second-order valence-corrected chi connectivity index (χ2v) is 6.41. The highest BCUT2D eigenvalue weighted by Crippen LogP contribution is 2.26. The molecule has 0 fully saturated rings. The van der Waals surface area contributed by atoms with Crippen LogP contribution in [0.1, 0.15) is 17.0 Å². The van der Waals surface area contributed by atoms with Crippen molar-refractivity contribution in [3.63, 3.8) is 0 Å². The first-order valence-corrected chi connectivity index (χ1v) is 9.62. The van der Waals surface area contributed by atoms with E-state index in [9.17, 15) is 0 Å². The van der Waals surface area contributed by atoms with Gasteiger partial charge < -0.3 is 25.5 Å². The average Bonchev–Trinajstić information content (AvgIpc) is 2.76. The molecule has 0 aliphatic heterocycles. The molecule has 2 rings (SSSR count). The zero-order valence-corrected chi connectivity index (χ0v) is 17.6. The van der Waals surface area contributed by atoms with E-state index in [1.54, 1.807) is 25.4 Å². The number of aromatic nitrogens is 2. The quantitative estimate of drug-likeness (QED) is 0.259. The van der Waals surface area contributed by atoms with Gasteiger partial charge in [-0.25, -0.2) is 4.98 Å². The Bertz CT molecular complexity index is 908. The molecule has 0 saturated heterocycles. The Balaban J connectivity index is 2.06. The number of hydrogen-bond acceptors (Lipinski definition) is 7. The first-order valence-electron chi connectivity index (χ1n) is 9.62. The Kier molecular flexibility index (Phi) is 9.44. The fourth-order valence-corrected chi connectivity index (χ4v) is 2.68. The molecular weight excluding hydrogens is 378 g/mol. The molecular formula is C23H29N5O2. The number of aryl methyl sites for hydroxylation is 1. The largest absolute Gasteiger partial charge is 0.374 e. The number of hydrogen-bond donors (Lipinski definition) is 3. The van der Waals surface area contributed by atoms with Gasteiger partial charge in [-0.15, -0.1) is 0 Å². The van der Waals surface area contributed by atoms with Crippen LogP contribution in [0.2, 0.25) is 0 Å². The van der Waals surface area contributed by atoms with E-state index < -0.39 is 0 Å². The molecule has 7 heteroatoms. The first kappa shape index (κ1) is 23.0. The van der Waals surface area contributed by atoms with Crippen LogP contribution in [-0.4, -0.2) is 43.1 Å². The number of anilines is 3. The Hall–Kier alpha value is -3.29. The lowest BCUT2D eigenvalue weighted by atomic mass is 10.1. The van der Waals surface area contributed by atoms with Gasteiger partial charge in [0.2, 0.25) is 0 Å². The molecule has 7 nitrogen and oxygen atoms in total. The number of allylic oxidation sites excluding steroid dienone is 2. The Morgan fingerprint density at radius 2 is 2.03 bits per heavy atom. The van der Waals surface area contributed by atoms with Gasteiger partial charge in [-0.3, -0.25) is 4.98 Å². The molecule has 0 saturated carbocycles. The van der Waals surface area contributed by atoms with E-state index in [1.165, 1.54) is 6.21 Å². The first-order chi connectivity index (χ1) is 14.6. The van der Waals surface area contributed by atoms with E-state index in [-0.39, 0.29) is 6.61 Å². The van der Waals surface area contributed by atoms with Gasteiger partial charge in [0.25, 0.3) is 0 Å². The van der Waals surface area contributed by atoms with E-state index in [0.29, 0.717) is 36.9 Å². The molecule has 0 aliphatic rings. The fourth-order valence-electron chi connectivity index (χ4n) is 2.68. The molecule has 0 bridgehead atoms. The minimum absolute atomic E-state index is 0.281. The number of pyridine rings is 2. The van der Waals surface area contributed by atoms with Crippen molar-refractivity contribution in [3.05, 3.63) is 78.3 Å². The van der Waals surface area contributed by atoms with Gasteiger partial charge in [0.05, 0.1) is 37.8 Å². The third kappa shape index (κ3) is 6.95. The van der Waals surface area contributed by atoms with Crippen molar-refractivity contribution in [2.45, 2.75) is 13.5 Å². The van der Waals surface area contributed by atoms with Gasteiger partial charge in [0, 0.05) is 36.4 Å². The zero-order valence-electron chi connectivity index (χ0n) is 17.6. The van der Waals surface area contributed by atoms with Crippen LogP contribution in [0.3, 0.4) is 0 Å². The standard InChI is InChI=1S/C23H29N5O2/c1-5-7-18(6-2)15-29-10-11-30-16-21-23(19(14-24)13-22(25-4)28-21)27-20-8-9-26-17(3)12-20/h5-9,12-14,24H,1-2,10-11,15-16H2,3-4H3,(H,25,28)(H,26,27)/b18-7+,24-14?. The van der Waals surface area contributed by atoms with Gasteiger partial charge in [0.15, 0.2) is 0 Å². The highest BCUT2D eigenvalue weighted by atomic mass is 16.5. The molecule has 0 spiro atoms. The third-order valence-electron chi connectivity index (χ3n) is 4.18. The van der Waals surface area contributed by atoms with Crippen molar-refractivity contribution < 1.29 is 9.47 Å². The summed E-state index contributed by atoms with van der Waals surface area (Å²) in [5.74, 6) is 0.671. The monoisotopic (exact) mass is 407 g/mol. The summed E-state index contributed by atoms with van der Waals surface area (Å²) in [5.41, 5.74) is 4.88. The number of ether oxygens (including phenoxy) is 2. The predicted molar refractivity (Wildman–Crippen MR) is 123 cm³/mol. The van der Waals surface area contributed by atoms with E-state index in [2.05, 4.69) is 33.8 Å². The molecule has 0 atom stereocenters. The summed E-state index contributed by atoms with van der Waals surface area (Å²) in [5, 5.41) is 14.2. The molecule has 0 amide bonds. The number of nitrogens with zero attached hydrogens (tertiary/aromatic N) is 2. The van der Waals surface area contributed by atoms with Crippen molar-refractivity contribution in [1.82, 2.24) is 9.97 Å². The van der Waals surface area contributed by atoms with Crippen molar-refractivity contribution >= 4 is 23.4 Å². The van der Waals surface area contributed by atoms with Crippen LogP contribution in [0, 0.1) is 12.3 Å². The smallest absolute Gasteiger partial charge is 0.126 e. The van der Waals surface area contributed by atoms with Crippen LogP contribution >= 0.6 is 0 Å². The van der Waals surface area contributed by atoms with Crippen molar-refractivity contribution in [2.24, 2.45) is 0 Å². The molecule has 30 heavy (non-hydrogen) atoms. The lowest BCUT2D eigenvalue weighted by molar-refractivity contribution is 0.0480. The molecule has 0 radical (unpaired) electrons. The maximum atomic E-state index is 7.81. The summed E-state index contributed by atoms with van der Waals surface area (Å²) in [7, 11) is 1.79. The molecule has 2 heterocycles. The van der Waals surface area contributed by atoms with Crippen LogP contribution in [0.5, 0.6) is 0 Å². The molecule has 158 valence electrons. The van der Waals surface area contributed by atoms with Crippen molar-refractivity contribution in [3.8, 4) is 0 Å². The molecule has 0 unspecified atom stereocenters. The van der Waals surface area contributed by atoms with Gasteiger partial charge >= 0.3 is 0 Å². The fraction of sp³-hybridized carbons (Fsp3) is 0.261. The molecule has 0 aromatic carbocycles. The summed E-state index contributed by atoms with van der Waals surface area (Å²) in [4.78, 5) is 8.83. The van der Waals surface area contributed by atoms with Gasteiger partial charge in [0.1, 0.15) is 5.82 Å². The van der Waals surface area contributed by atoms with E-state index in [0.717, 1.165) is 22.6 Å². The van der Waals surface area contributed by atoms with Gasteiger partial charge in [-0.05, 0) is 30.7 Å².